The van der Waals surface area contributed by atoms with Crippen LogP contribution in [0.15, 0.2) is 193 Å². The Kier molecular flexibility index (Phi) is 15.0. The van der Waals surface area contributed by atoms with E-state index in [1.807, 2.05) is 6.07 Å². The quantitative estimate of drug-likeness (QED) is 0.107. The van der Waals surface area contributed by atoms with Crippen molar-refractivity contribution in [1.82, 2.24) is 14.5 Å². The van der Waals surface area contributed by atoms with Crippen LogP contribution in [0.25, 0.3) is 94.7 Å². The van der Waals surface area contributed by atoms with Gasteiger partial charge in [-0.15, -0.1) is 48.0 Å². The van der Waals surface area contributed by atoms with Crippen molar-refractivity contribution >= 4 is 33.0 Å². The summed E-state index contributed by atoms with van der Waals surface area (Å²) in [5, 5.41) is 2.12. The van der Waals surface area contributed by atoms with Crippen LogP contribution in [0.3, 0.4) is 0 Å². The van der Waals surface area contributed by atoms with Gasteiger partial charge in [-0.25, -0.2) is 0 Å². The zero-order valence-corrected chi connectivity index (χ0v) is 45.4. The Bertz CT molecular complexity index is 3770. The standard InChI is InChI=1S/C56H51N2O.C12H7F3N.Ir/c1-36(2)49-33-45(43-29-25-41(26-30-43)39-17-10-7-11-18-39)34-50(37(3)4)54(49)58-52-22-13-12-21-51(52)57-56(58)48-20-14-19-47-46-32-31-44(35-53(46)59-55(47)48)42-27-23-40(24-28-42)38-15-8-5-6-9-16-38;13-12(14,15)10-6-4-9(5-7-10)11-3-1-2-8-16-11;/h7,10-14,17-19,21-38H,5-6,8-9,15-16H2,1-4H3;1-4,6-8H;/q2*-1;/i38D;;. The van der Waals surface area contributed by atoms with Gasteiger partial charge in [0.2, 0.25) is 0 Å². The van der Waals surface area contributed by atoms with Crippen molar-refractivity contribution in [3.05, 3.63) is 223 Å². The van der Waals surface area contributed by atoms with E-state index in [0.717, 1.165) is 98.9 Å². The van der Waals surface area contributed by atoms with Gasteiger partial charge < -0.3 is 14.0 Å². The van der Waals surface area contributed by atoms with Crippen molar-refractivity contribution in [1.29, 1.82) is 0 Å². The number of hydrogen-bond acceptors (Lipinski definition) is 3. The maximum atomic E-state index is 12.3. The smallest absolute Gasteiger partial charge is 0.381 e. The molecular weight excluding hydrogens is 1120 g/mol. The Morgan fingerprint density at radius 2 is 1.24 bits per heavy atom. The first kappa shape index (κ1) is 50.8. The second kappa shape index (κ2) is 22.4. The molecular formula is C68H58F3IrN3O-2. The number of hydrogen-bond donors (Lipinski definition) is 0. The minimum Gasteiger partial charge on any atom is -0.501 e. The van der Waals surface area contributed by atoms with Gasteiger partial charge in [-0.3, -0.25) is 4.98 Å². The van der Waals surface area contributed by atoms with Gasteiger partial charge in [-0.1, -0.05) is 180 Å². The molecule has 4 nitrogen and oxygen atoms in total. The van der Waals surface area contributed by atoms with Crippen LogP contribution in [0, 0.1) is 12.1 Å². The number of imidazole rings is 1. The molecule has 0 bridgehead atoms. The Hall–Kier alpha value is -7.38. The summed E-state index contributed by atoms with van der Waals surface area (Å²) in [7, 11) is 0. The minimum absolute atomic E-state index is 0. The summed E-state index contributed by atoms with van der Waals surface area (Å²) in [6, 6.07) is 67.0. The minimum atomic E-state index is -4.32. The van der Waals surface area contributed by atoms with Crippen molar-refractivity contribution in [2.75, 3.05) is 0 Å². The molecule has 11 aromatic rings. The fraction of sp³-hybridized carbons (Fsp3) is 0.206. The van der Waals surface area contributed by atoms with Crippen LogP contribution in [0.2, 0.25) is 0 Å². The van der Waals surface area contributed by atoms with E-state index in [9.17, 15) is 14.5 Å². The van der Waals surface area contributed by atoms with Crippen LogP contribution in [-0.2, 0) is 26.3 Å². The van der Waals surface area contributed by atoms with Gasteiger partial charge in [0.1, 0.15) is 5.58 Å². The van der Waals surface area contributed by atoms with Crippen LogP contribution < -0.4 is 0 Å². The van der Waals surface area contributed by atoms with E-state index in [4.69, 9.17) is 9.40 Å². The van der Waals surface area contributed by atoms with Gasteiger partial charge in [-0.2, -0.15) is 13.2 Å². The number of furan rings is 1. The summed E-state index contributed by atoms with van der Waals surface area (Å²) >= 11 is 0. The van der Waals surface area contributed by atoms with E-state index < -0.39 is 17.6 Å². The molecule has 0 atom stereocenters. The van der Waals surface area contributed by atoms with Gasteiger partial charge >= 0.3 is 6.18 Å². The van der Waals surface area contributed by atoms with E-state index in [1.54, 1.807) is 24.4 Å². The van der Waals surface area contributed by atoms with Gasteiger partial charge in [0, 0.05) is 38.7 Å². The van der Waals surface area contributed by atoms with Crippen LogP contribution in [0.5, 0.6) is 0 Å². The average Bonchev–Trinajstić information content (AvgIpc) is 4.10. The molecule has 8 aromatic carbocycles. The van der Waals surface area contributed by atoms with Crippen LogP contribution in [-0.4, -0.2) is 14.5 Å². The maximum Gasteiger partial charge on any atom is 0.381 e. The molecule has 1 saturated carbocycles. The molecule has 0 unspecified atom stereocenters. The summed E-state index contributed by atoms with van der Waals surface area (Å²) in [6.45, 7) is 9.18. The molecule has 76 heavy (non-hydrogen) atoms. The van der Waals surface area contributed by atoms with E-state index in [2.05, 4.69) is 189 Å². The first-order valence-electron chi connectivity index (χ1n) is 26.6. The SMILES string of the molecule is FC(F)(F)c1c[c-]c(-c2ccccn2)cc1.[2H]C1(c2ccc(-c3ccc4c(c3)oc3c(-c5nc6ccccc6n5-c5c(C(C)C)cc(-c6ccc(-c7ccccc7)cc6)cc5C(C)C)[c-]ccc34)cc2)CCCCCC1.[Ir]. The van der Waals surface area contributed by atoms with Gasteiger partial charge in [0.15, 0.2) is 0 Å². The molecule has 1 fully saturated rings. The van der Waals surface area contributed by atoms with E-state index in [0.29, 0.717) is 11.3 Å². The predicted octanol–water partition coefficient (Wildman–Crippen LogP) is 19.6. The number of rotatable bonds is 9. The molecule has 0 aliphatic heterocycles. The van der Waals surface area contributed by atoms with E-state index in [1.165, 1.54) is 58.0 Å². The van der Waals surface area contributed by atoms with E-state index in [-0.39, 0.29) is 31.9 Å². The largest absolute Gasteiger partial charge is 0.501 e. The molecule has 8 heteroatoms. The summed E-state index contributed by atoms with van der Waals surface area (Å²) in [5.74, 6) is 0.826. The maximum absolute atomic E-state index is 12.3. The molecule has 1 radical (unpaired) electrons. The number of aromatic nitrogens is 3. The normalized spacial score (nSPS) is 13.8. The number of benzene rings is 8. The van der Waals surface area contributed by atoms with Crippen molar-refractivity contribution in [2.24, 2.45) is 0 Å². The van der Waals surface area contributed by atoms with Gasteiger partial charge in [-0.05, 0) is 128 Å². The topological polar surface area (TPSA) is 43.9 Å². The molecule has 0 spiro atoms. The number of fused-ring (bicyclic) bond motifs is 4. The number of halogens is 3. The second-order valence-corrected chi connectivity index (χ2v) is 20.2. The molecule has 3 heterocycles. The molecule has 3 aromatic heterocycles. The Labute approximate surface area is 458 Å². The van der Waals surface area contributed by atoms with Crippen molar-refractivity contribution in [3.63, 3.8) is 0 Å². The van der Waals surface area contributed by atoms with Crippen molar-refractivity contribution in [2.45, 2.75) is 90.1 Å². The number of alkyl halides is 3. The van der Waals surface area contributed by atoms with Crippen molar-refractivity contribution < 1.29 is 39.1 Å². The van der Waals surface area contributed by atoms with Crippen LogP contribution in [0.4, 0.5) is 13.2 Å². The molecule has 383 valence electrons. The number of pyridine rings is 1. The predicted molar refractivity (Wildman–Crippen MR) is 301 cm³/mol. The zero-order chi connectivity index (χ0) is 52.6. The molecule has 1 aliphatic rings. The zero-order valence-electron chi connectivity index (χ0n) is 44.0. The molecule has 0 saturated heterocycles. The molecule has 0 amide bonds. The monoisotopic (exact) mass is 1180 g/mol. The Balaban J connectivity index is 0.000000339. The summed E-state index contributed by atoms with van der Waals surface area (Å²) in [4.78, 5) is 9.41. The fourth-order valence-corrected chi connectivity index (χ4v) is 10.6. The Morgan fingerprint density at radius 3 is 1.88 bits per heavy atom. The first-order valence-corrected chi connectivity index (χ1v) is 26.1. The van der Waals surface area contributed by atoms with Crippen LogP contribution in [0.1, 0.15) is 108 Å². The van der Waals surface area contributed by atoms with Crippen molar-refractivity contribution in [3.8, 4) is 61.7 Å². The van der Waals surface area contributed by atoms with Gasteiger partial charge in [0.05, 0.1) is 22.4 Å². The molecule has 0 N–H and O–H groups in total. The number of para-hydroxylation sites is 2. The fourth-order valence-electron chi connectivity index (χ4n) is 10.6. The summed E-state index contributed by atoms with van der Waals surface area (Å²) < 4.78 is 55.4. The Morgan fingerprint density at radius 1 is 0.618 bits per heavy atom. The third kappa shape index (κ3) is 10.7. The van der Waals surface area contributed by atoms with Gasteiger partial charge in [0.25, 0.3) is 0 Å². The second-order valence-electron chi connectivity index (χ2n) is 20.2. The molecule has 1 aliphatic carbocycles. The van der Waals surface area contributed by atoms with E-state index >= 15 is 0 Å². The summed E-state index contributed by atoms with van der Waals surface area (Å²) in [5.41, 5.74) is 16.9. The molecule has 12 rings (SSSR count). The third-order valence-corrected chi connectivity index (χ3v) is 14.6. The first-order chi connectivity index (χ1) is 36.8. The third-order valence-electron chi connectivity index (χ3n) is 14.6. The average molecular weight is 1180 g/mol. The number of nitrogens with zero attached hydrogens (tertiary/aromatic N) is 3. The van der Waals surface area contributed by atoms with Crippen LogP contribution >= 0.6 is 0 Å². The summed E-state index contributed by atoms with van der Waals surface area (Å²) in [6.07, 6.45) is 3.90.